The largest absolute Gasteiger partial charge is 0.460 e. The molecule has 15 heteroatoms. The van der Waals surface area contributed by atoms with Crippen LogP contribution in [0.2, 0.25) is 0 Å². The second kappa shape index (κ2) is 14.5. The van der Waals surface area contributed by atoms with Gasteiger partial charge in [0.2, 0.25) is 0 Å². The normalized spacial score (nSPS) is 11.9. The molecular formula is C26H31N9O5S. The van der Waals surface area contributed by atoms with E-state index in [0.29, 0.717) is 18.8 Å². The second-order valence-corrected chi connectivity index (χ2v) is 10.6. The van der Waals surface area contributed by atoms with Crippen LogP contribution in [0.15, 0.2) is 65.9 Å². The van der Waals surface area contributed by atoms with Gasteiger partial charge in [-0.25, -0.2) is 4.79 Å². The maximum Gasteiger partial charge on any atom is 0.333 e. The molecule has 0 saturated heterocycles. The third-order valence-electron chi connectivity index (χ3n) is 5.32. The molecule has 216 valence electrons. The van der Waals surface area contributed by atoms with Crippen molar-refractivity contribution in [2.24, 2.45) is 10.2 Å². The Morgan fingerprint density at radius 2 is 1.90 bits per heavy atom. The lowest BCUT2D eigenvalue weighted by Gasteiger charge is -2.23. The van der Waals surface area contributed by atoms with Crippen molar-refractivity contribution < 1.29 is 23.1 Å². The Bertz CT molecular complexity index is 1520. The van der Waals surface area contributed by atoms with Gasteiger partial charge in [-0.1, -0.05) is 18.7 Å². The maximum absolute atomic E-state index is 12.7. The minimum absolute atomic E-state index is 0.0870. The first-order chi connectivity index (χ1) is 19.4. The Kier molecular flexibility index (Phi) is 11.5. The molecular weight excluding hydrogens is 550 g/mol. The van der Waals surface area contributed by atoms with Crippen molar-refractivity contribution in [3.05, 3.63) is 67.0 Å². The fourth-order valence-electron chi connectivity index (χ4n) is 3.26. The molecule has 0 saturated carbocycles. The lowest BCUT2D eigenvalue weighted by Crippen LogP contribution is -2.29. The Hall–Kier alpha value is -4.83. The van der Waals surface area contributed by atoms with Crippen LogP contribution in [0.25, 0.3) is 0 Å². The number of azo groups is 1. The first-order valence-electron chi connectivity index (χ1n) is 12.0. The summed E-state index contributed by atoms with van der Waals surface area (Å²) >= 11 is 0. The number of anilines is 2. The van der Waals surface area contributed by atoms with E-state index in [2.05, 4.69) is 39.7 Å². The third-order valence-corrected chi connectivity index (χ3v) is 6.76. The highest BCUT2D eigenvalue weighted by atomic mass is 32.2. The van der Waals surface area contributed by atoms with E-state index in [1.165, 1.54) is 27.1 Å². The summed E-state index contributed by atoms with van der Waals surface area (Å²) in [5.74, 6) is -0.919. The lowest BCUT2D eigenvalue weighted by molar-refractivity contribution is -0.142. The SMILES string of the molecule is C=CCN(CC=C)c1ccc(N=Nc2nc(C#N)c(C#N)n2CC(O)COC(=O)C(=C)C)c(NS(=O)(=O)N(C)C)c1. The molecule has 2 N–H and O–H groups in total. The number of aromatic nitrogens is 2. The highest BCUT2D eigenvalue weighted by Crippen LogP contribution is 2.33. The van der Waals surface area contributed by atoms with Gasteiger partial charge in [-0.15, -0.1) is 23.4 Å². The van der Waals surface area contributed by atoms with Crippen LogP contribution < -0.4 is 9.62 Å². The summed E-state index contributed by atoms with van der Waals surface area (Å²) in [7, 11) is -1.22. The minimum atomic E-state index is -3.94. The lowest BCUT2D eigenvalue weighted by atomic mass is 10.2. The Labute approximate surface area is 239 Å². The standard InChI is InChI=1S/C26H31N9O5S/c1-7-11-34(12-8-2)19-9-10-21(22(13-19)32-41(38,39)33(5)6)30-31-26-29-23(14-27)24(15-28)35(26)16-20(36)17-40-25(37)18(3)4/h7-10,13,20,32,36H,1-3,11-12,16-17H2,4-6H3. The summed E-state index contributed by atoms with van der Waals surface area (Å²) in [6, 6.07) is 8.43. The van der Waals surface area contributed by atoms with Gasteiger partial charge in [-0.3, -0.25) is 9.29 Å². The van der Waals surface area contributed by atoms with Gasteiger partial charge in [-0.05, 0) is 25.1 Å². The number of carbonyl (C=O) groups excluding carboxylic acids is 1. The number of nitriles is 2. The molecule has 0 bridgehead atoms. The number of esters is 1. The van der Waals surface area contributed by atoms with Crippen molar-refractivity contribution in [3.63, 3.8) is 0 Å². The summed E-state index contributed by atoms with van der Waals surface area (Å²) in [5.41, 5.74) is 0.513. The van der Waals surface area contributed by atoms with Crippen molar-refractivity contribution in [1.82, 2.24) is 13.9 Å². The van der Waals surface area contributed by atoms with Gasteiger partial charge in [0.25, 0.3) is 5.95 Å². The zero-order valence-electron chi connectivity index (χ0n) is 23.0. The number of hydrogen-bond donors (Lipinski definition) is 2. The van der Waals surface area contributed by atoms with Crippen LogP contribution >= 0.6 is 0 Å². The van der Waals surface area contributed by atoms with E-state index in [1.54, 1.807) is 30.4 Å². The number of benzene rings is 1. The van der Waals surface area contributed by atoms with Gasteiger partial charge in [-0.2, -0.15) is 28.2 Å². The predicted molar refractivity (Wildman–Crippen MR) is 153 cm³/mol. The monoisotopic (exact) mass is 581 g/mol. The Morgan fingerprint density at radius 1 is 1.24 bits per heavy atom. The Balaban J connectivity index is 2.55. The van der Waals surface area contributed by atoms with E-state index >= 15 is 0 Å². The van der Waals surface area contributed by atoms with Crippen molar-refractivity contribution in [3.8, 4) is 12.1 Å². The topological polar surface area (TPSA) is 189 Å². The van der Waals surface area contributed by atoms with Gasteiger partial charge in [0, 0.05) is 38.4 Å². The number of nitrogens with one attached hydrogen (secondary N) is 1. The smallest absolute Gasteiger partial charge is 0.333 e. The quantitative estimate of drug-likeness (QED) is 0.138. The summed E-state index contributed by atoms with van der Waals surface area (Å²) in [5, 5.41) is 37.7. The van der Waals surface area contributed by atoms with Crippen molar-refractivity contribution >= 4 is 39.2 Å². The van der Waals surface area contributed by atoms with E-state index in [9.17, 15) is 28.8 Å². The summed E-state index contributed by atoms with van der Waals surface area (Å²) in [6.45, 7) is 12.6. The molecule has 0 aliphatic heterocycles. The molecule has 2 rings (SSSR count). The molecule has 1 atom stereocenters. The summed E-state index contributed by atoms with van der Waals surface area (Å²) in [6.07, 6.45) is 2.09. The molecule has 0 amide bonds. The molecule has 1 aromatic carbocycles. The van der Waals surface area contributed by atoms with E-state index in [4.69, 9.17) is 4.74 Å². The summed E-state index contributed by atoms with van der Waals surface area (Å²) in [4.78, 5) is 17.6. The van der Waals surface area contributed by atoms with Crippen molar-refractivity contribution in [2.45, 2.75) is 19.6 Å². The Morgan fingerprint density at radius 3 is 2.44 bits per heavy atom. The van der Waals surface area contributed by atoms with Crippen LogP contribution in [-0.2, 0) is 26.3 Å². The second-order valence-electron chi connectivity index (χ2n) is 8.75. The number of rotatable bonds is 15. The first-order valence-corrected chi connectivity index (χ1v) is 13.5. The third kappa shape index (κ3) is 8.58. The average Bonchev–Trinajstić information content (AvgIpc) is 3.26. The molecule has 0 aliphatic carbocycles. The van der Waals surface area contributed by atoms with Gasteiger partial charge in [0.15, 0.2) is 11.4 Å². The number of ether oxygens (including phenoxy) is 1. The van der Waals surface area contributed by atoms with Crippen LogP contribution in [-0.4, -0.2) is 73.2 Å². The molecule has 1 heterocycles. The average molecular weight is 582 g/mol. The van der Waals surface area contributed by atoms with Crippen LogP contribution in [0.3, 0.4) is 0 Å². The number of aliphatic hydroxyl groups is 1. The van der Waals surface area contributed by atoms with Crippen LogP contribution in [0, 0.1) is 22.7 Å². The fraction of sp³-hybridized carbons (Fsp3) is 0.308. The number of carbonyl (C=O) groups is 1. The molecule has 41 heavy (non-hydrogen) atoms. The van der Waals surface area contributed by atoms with E-state index < -0.39 is 28.9 Å². The zero-order chi connectivity index (χ0) is 30.7. The van der Waals surface area contributed by atoms with Crippen LogP contribution in [0.5, 0.6) is 0 Å². The van der Waals surface area contributed by atoms with E-state index in [-0.39, 0.29) is 40.8 Å². The number of aliphatic hydroxyl groups excluding tert-OH is 1. The summed E-state index contributed by atoms with van der Waals surface area (Å²) < 4.78 is 34.8. The van der Waals surface area contributed by atoms with Gasteiger partial charge >= 0.3 is 16.2 Å². The van der Waals surface area contributed by atoms with E-state index in [0.717, 1.165) is 8.87 Å². The highest BCUT2D eigenvalue weighted by Gasteiger charge is 2.21. The van der Waals surface area contributed by atoms with Crippen molar-refractivity contribution in [2.75, 3.05) is 43.4 Å². The van der Waals surface area contributed by atoms with Crippen LogP contribution in [0.4, 0.5) is 23.0 Å². The molecule has 2 aromatic rings. The van der Waals surface area contributed by atoms with Gasteiger partial charge < -0.3 is 14.7 Å². The molecule has 1 unspecified atom stereocenters. The van der Waals surface area contributed by atoms with Crippen molar-refractivity contribution in [1.29, 1.82) is 10.5 Å². The molecule has 0 aliphatic rings. The fourth-order valence-corrected chi connectivity index (χ4v) is 3.88. The number of imidazole rings is 1. The highest BCUT2D eigenvalue weighted by molar-refractivity contribution is 7.90. The molecule has 0 radical (unpaired) electrons. The molecule has 1 aromatic heterocycles. The van der Waals surface area contributed by atoms with Gasteiger partial charge in [0.05, 0.1) is 12.2 Å². The number of hydrogen-bond acceptors (Lipinski definition) is 11. The molecule has 0 spiro atoms. The van der Waals surface area contributed by atoms with E-state index in [1.807, 2.05) is 11.0 Å². The van der Waals surface area contributed by atoms with Crippen LogP contribution in [0.1, 0.15) is 18.3 Å². The first kappa shape index (κ1) is 32.4. The van der Waals surface area contributed by atoms with Gasteiger partial charge in [0.1, 0.15) is 30.5 Å². The number of nitrogens with zero attached hydrogens (tertiary/aromatic N) is 8. The predicted octanol–water partition coefficient (Wildman–Crippen LogP) is 2.92. The zero-order valence-corrected chi connectivity index (χ0v) is 23.8. The maximum atomic E-state index is 12.7. The molecule has 14 nitrogen and oxygen atoms in total. The minimum Gasteiger partial charge on any atom is -0.460 e. The molecule has 0 fully saturated rings.